The average Bonchev–Trinajstić information content (AvgIpc) is 2.76. The van der Waals surface area contributed by atoms with Gasteiger partial charge in [-0.1, -0.05) is 26.7 Å². The Morgan fingerprint density at radius 2 is 2.11 bits per heavy atom. The molecule has 1 rings (SSSR count). The summed E-state index contributed by atoms with van der Waals surface area (Å²) in [5.41, 5.74) is 7.47. The number of hydrogen-bond acceptors (Lipinski definition) is 4. The highest BCUT2D eigenvalue weighted by atomic mass is 16.3. The van der Waals surface area contributed by atoms with Crippen LogP contribution >= 0.6 is 0 Å². The Morgan fingerprint density at radius 1 is 1.37 bits per heavy atom. The van der Waals surface area contributed by atoms with Crippen LogP contribution in [0.4, 0.5) is 5.69 Å². The summed E-state index contributed by atoms with van der Waals surface area (Å²) >= 11 is 0. The second kappa shape index (κ2) is 7.78. The van der Waals surface area contributed by atoms with Crippen molar-refractivity contribution in [3.63, 3.8) is 0 Å². The molecule has 0 aliphatic rings. The molecular formula is C13H24N4O2. The Balaban J connectivity index is 2.83. The maximum atomic E-state index is 12.3. The van der Waals surface area contributed by atoms with Crippen molar-refractivity contribution in [3.8, 4) is 0 Å². The Hall–Kier alpha value is -1.56. The summed E-state index contributed by atoms with van der Waals surface area (Å²) in [7, 11) is 0. The molecule has 108 valence electrons. The van der Waals surface area contributed by atoms with Crippen molar-refractivity contribution in [2.45, 2.75) is 39.5 Å². The lowest BCUT2D eigenvalue weighted by Crippen LogP contribution is -2.35. The molecule has 0 saturated carbocycles. The number of aromatic amines is 1. The van der Waals surface area contributed by atoms with Crippen molar-refractivity contribution in [3.05, 3.63) is 11.4 Å². The van der Waals surface area contributed by atoms with E-state index in [4.69, 9.17) is 10.8 Å². The first-order chi connectivity index (χ1) is 9.15. The van der Waals surface area contributed by atoms with E-state index in [1.54, 1.807) is 4.90 Å². The average molecular weight is 268 g/mol. The van der Waals surface area contributed by atoms with E-state index in [1.165, 1.54) is 0 Å². The molecule has 6 heteroatoms. The standard InChI is InChI=1S/C13H24N4O2/c1-3-5-7-17(8-9-18)13(19)12-11(14)10(6-4-2)15-16-12/h18H,3-9,14H2,1-2H3,(H,15,16). The number of aliphatic hydroxyl groups excluding tert-OH is 1. The van der Waals surface area contributed by atoms with Crippen molar-refractivity contribution >= 4 is 11.6 Å². The van der Waals surface area contributed by atoms with Gasteiger partial charge in [0.2, 0.25) is 0 Å². The van der Waals surface area contributed by atoms with Gasteiger partial charge in [-0.2, -0.15) is 5.10 Å². The van der Waals surface area contributed by atoms with E-state index in [9.17, 15) is 4.79 Å². The summed E-state index contributed by atoms with van der Waals surface area (Å²) in [6.07, 6.45) is 3.61. The maximum Gasteiger partial charge on any atom is 0.276 e. The predicted octanol–water partition coefficient (Wildman–Crippen LogP) is 1.18. The maximum absolute atomic E-state index is 12.3. The third-order valence-electron chi connectivity index (χ3n) is 3.02. The Bertz CT molecular complexity index is 403. The molecule has 1 aromatic rings. The highest BCUT2D eigenvalue weighted by Crippen LogP contribution is 2.17. The van der Waals surface area contributed by atoms with E-state index in [1.807, 2.05) is 6.92 Å². The van der Waals surface area contributed by atoms with Crippen LogP contribution in [0.3, 0.4) is 0 Å². The summed E-state index contributed by atoms with van der Waals surface area (Å²) in [6, 6.07) is 0. The number of amides is 1. The van der Waals surface area contributed by atoms with Crippen molar-refractivity contribution in [1.82, 2.24) is 15.1 Å². The fraction of sp³-hybridized carbons (Fsp3) is 0.692. The van der Waals surface area contributed by atoms with Crippen LogP contribution in [0.15, 0.2) is 0 Å². The number of aromatic nitrogens is 2. The molecule has 0 aliphatic heterocycles. The molecule has 0 unspecified atom stereocenters. The SMILES string of the molecule is CCCCN(CCO)C(=O)c1n[nH]c(CCC)c1N. The number of nitrogens with two attached hydrogens (primary N) is 1. The van der Waals surface area contributed by atoms with Crippen molar-refractivity contribution < 1.29 is 9.90 Å². The Labute approximate surface area is 114 Å². The molecule has 0 bridgehead atoms. The number of aryl methyl sites for hydroxylation is 1. The van der Waals surface area contributed by atoms with Crippen LogP contribution in [0.25, 0.3) is 0 Å². The normalized spacial score (nSPS) is 10.7. The lowest BCUT2D eigenvalue weighted by Gasteiger charge is -2.20. The van der Waals surface area contributed by atoms with E-state index < -0.39 is 0 Å². The monoisotopic (exact) mass is 268 g/mol. The van der Waals surface area contributed by atoms with Crippen molar-refractivity contribution in [2.75, 3.05) is 25.4 Å². The van der Waals surface area contributed by atoms with Crippen LogP contribution in [0, 0.1) is 0 Å². The molecule has 1 amide bonds. The fourth-order valence-electron chi connectivity index (χ4n) is 1.92. The van der Waals surface area contributed by atoms with Gasteiger partial charge in [0.15, 0.2) is 5.69 Å². The minimum absolute atomic E-state index is 0.0540. The number of nitrogens with zero attached hydrogens (tertiary/aromatic N) is 2. The van der Waals surface area contributed by atoms with E-state index in [-0.39, 0.29) is 18.2 Å². The molecule has 0 radical (unpaired) electrons. The summed E-state index contributed by atoms with van der Waals surface area (Å²) in [5.74, 6) is -0.210. The zero-order valence-electron chi connectivity index (χ0n) is 11.8. The second-order valence-corrected chi connectivity index (χ2v) is 4.58. The van der Waals surface area contributed by atoms with Crippen LogP contribution in [0.2, 0.25) is 0 Å². The molecule has 6 nitrogen and oxygen atoms in total. The van der Waals surface area contributed by atoms with E-state index in [0.29, 0.717) is 18.8 Å². The first kappa shape index (κ1) is 15.5. The number of nitrogen functional groups attached to an aromatic ring is 1. The van der Waals surface area contributed by atoms with E-state index in [2.05, 4.69) is 17.1 Å². The molecule has 0 aromatic carbocycles. The summed E-state index contributed by atoms with van der Waals surface area (Å²) in [5, 5.41) is 15.9. The first-order valence-corrected chi connectivity index (χ1v) is 6.88. The molecule has 0 saturated heterocycles. The van der Waals surface area contributed by atoms with Gasteiger partial charge in [-0.25, -0.2) is 0 Å². The molecule has 19 heavy (non-hydrogen) atoms. The van der Waals surface area contributed by atoms with Gasteiger partial charge in [0.05, 0.1) is 18.0 Å². The minimum atomic E-state index is -0.210. The minimum Gasteiger partial charge on any atom is -0.395 e. The topological polar surface area (TPSA) is 95.2 Å². The number of anilines is 1. The van der Waals surface area contributed by atoms with Crippen molar-refractivity contribution in [2.24, 2.45) is 0 Å². The smallest absolute Gasteiger partial charge is 0.276 e. The zero-order valence-corrected chi connectivity index (χ0v) is 11.8. The lowest BCUT2D eigenvalue weighted by molar-refractivity contribution is 0.0714. The highest BCUT2D eigenvalue weighted by Gasteiger charge is 2.22. The highest BCUT2D eigenvalue weighted by molar-refractivity contribution is 5.97. The second-order valence-electron chi connectivity index (χ2n) is 4.58. The molecule has 0 atom stereocenters. The lowest BCUT2D eigenvalue weighted by atomic mass is 10.2. The summed E-state index contributed by atoms with van der Waals surface area (Å²) in [6.45, 7) is 4.98. The third kappa shape index (κ3) is 3.96. The van der Waals surface area contributed by atoms with E-state index in [0.717, 1.165) is 31.4 Å². The summed E-state index contributed by atoms with van der Waals surface area (Å²) < 4.78 is 0. The van der Waals surface area contributed by atoms with Crippen LogP contribution in [0.5, 0.6) is 0 Å². The van der Waals surface area contributed by atoms with Gasteiger partial charge in [0, 0.05) is 13.1 Å². The zero-order chi connectivity index (χ0) is 14.3. The van der Waals surface area contributed by atoms with Crippen LogP contribution < -0.4 is 5.73 Å². The van der Waals surface area contributed by atoms with Crippen molar-refractivity contribution in [1.29, 1.82) is 0 Å². The number of nitrogens with one attached hydrogen (secondary N) is 1. The van der Waals surface area contributed by atoms with Gasteiger partial charge >= 0.3 is 0 Å². The first-order valence-electron chi connectivity index (χ1n) is 6.88. The van der Waals surface area contributed by atoms with Crippen LogP contribution in [-0.4, -0.2) is 45.8 Å². The van der Waals surface area contributed by atoms with Gasteiger partial charge < -0.3 is 15.7 Å². The quantitative estimate of drug-likeness (QED) is 0.659. The van der Waals surface area contributed by atoms with Gasteiger partial charge in [-0.15, -0.1) is 0 Å². The predicted molar refractivity (Wildman–Crippen MR) is 74.9 cm³/mol. The Kier molecular flexibility index (Phi) is 6.35. The van der Waals surface area contributed by atoms with Gasteiger partial charge in [0.25, 0.3) is 5.91 Å². The molecule has 4 N–H and O–H groups in total. The fourth-order valence-corrected chi connectivity index (χ4v) is 1.92. The van der Waals surface area contributed by atoms with Crippen LogP contribution in [-0.2, 0) is 6.42 Å². The largest absolute Gasteiger partial charge is 0.395 e. The Morgan fingerprint density at radius 3 is 2.68 bits per heavy atom. The molecule has 0 spiro atoms. The molecular weight excluding hydrogens is 244 g/mol. The number of carbonyl (C=O) groups is 1. The van der Waals surface area contributed by atoms with Gasteiger partial charge in [-0.05, 0) is 12.8 Å². The number of aliphatic hydroxyl groups is 1. The van der Waals surface area contributed by atoms with Gasteiger partial charge in [0.1, 0.15) is 0 Å². The number of carbonyl (C=O) groups excluding carboxylic acids is 1. The third-order valence-corrected chi connectivity index (χ3v) is 3.02. The number of hydrogen-bond donors (Lipinski definition) is 3. The molecule has 0 aliphatic carbocycles. The number of unbranched alkanes of at least 4 members (excludes halogenated alkanes) is 1. The molecule has 1 aromatic heterocycles. The van der Waals surface area contributed by atoms with E-state index >= 15 is 0 Å². The van der Waals surface area contributed by atoms with Crippen LogP contribution in [0.1, 0.15) is 49.3 Å². The number of H-pyrrole nitrogens is 1. The van der Waals surface area contributed by atoms with Gasteiger partial charge in [-0.3, -0.25) is 9.89 Å². The number of rotatable bonds is 8. The summed E-state index contributed by atoms with van der Waals surface area (Å²) in [4.78, 5) is 13.9. The molecule has 0 fully saturated rings. The molecule has 1 heterocycles.